The van der Waals surface area contributed by atoms with Gasteiger partial charge in [0.2, 0.25) is 11.9 Å². The zero-order chi connectivity index (χ0) is 20.1. The molecule has 0 saturated carbocycles. The molecule has 2 N–H and O–H groups in total. The highest BCUT2D eigenvalue weighted by molar-refractivity contribution is 5.58. The number of anilines is 4. The molecule has 7 nitrogen and oxygen atoms in total. The molecule has 0 fully saturated rings. The Morgan fingerprint density at radius 2 is 1.04 bits per heavy atom. The molecule has 1 heterocycles. The van der Waals surface area contributed by atoms with E-state index in [0.29, 0.717) is 17.7 Å². The second-order valence-corrected chi connectivity index (χ2v) is 7.26. The molecule has 0 aliphatic rings. The fraction of sp³-hybridized carbons (Fsp3) is 0.286. The Bertz CT molecular complexity index is 851. The summed E-state index contributed by atoms with van der Waals surface area (Å²) in [5, 5.41) is 6.47. The third-order valence-electron chi connectivity index (χ3n) is 4.00. The number of hydrogen-bond acceptors (Lipinski definition) is 7. The quantitative estimate of drug-likeness (QED) is 0.644. The van der Waals surface area contributed by atoms with Crippen LogP contribution < -0.4 is 20.1 Å². The van der Waals surface area contributed by atoms with Crippen LogP contribution in [0.1, 0.15) is 26.6 Å². The van der Waals surface area contributed by atoms with E-state index in [1.54, 1.807) is 14.2 Å². The maximum Gasteiger partial charge on any atom is 0.232 e. The van der Waals surface area contributed by atoms with Crippen molar-refractivity contribution in [3.05, 3.63) is 54.4 Å². The lowest BCUT2D eigenvalue weighted by molar-refractivity contribution is 0.415. The first-order chi connectivity index (χ1) is 13.4. The van der Waals surface area contributed by atoms with Gasteiger partial charge in [-0.25, -0.2) is 0 Å². The smallest absolute Gasteiger partial charge is 0.232 e. The van der Waals surface area contributed by atoms with E-state index in [0.717, 1.165) is 22.9 Å². The molecule has 0 saturated heterocycles. The number of ether oxygens (including phenoxy) is 2. The third kappa shape index (κ3) is 4.88. The van der Waals surface area contributed by atoms with Crippen molar-refractivity contribution in [3.8, 4) is 11.5 Å². The summed E-state index contributed by atoms with van der Waals surface area (Å²) < 4.78 is 10.4. The molecule has 0 bridgehead atoms. The van der Waals surface area contributed by atoms with E-state index >= 15 is 0 Å². The molecular formula is C21H25N5O2. The molecule has 28 heavy (non-hydrogen) atoms. The highest BCUT2D eigenvalue weighted by atomic mass is 16.5. The second-order valence-electron chi connectivity index (χ2n) is 7.26. The summed E-state index contributed by atoms with van der Waals surface area (Å²) >= 11 is 0. The van der Waals surface area contributed by atoms with E-state index in [2.05, 4.69) is 46.4 Å². The first-order valence-electron chi connectivity index (χ1n) is 8.96. The number of benzene rings is 2. The zero-order valence-electron chi connectivity index (χ0n) is 16.8. The molecule has 0 spiro atoms. The van der Waals surface area contributed by atoms with Crippen LogP contribution in [0.5, 0.6) is 11.5 Å². The molecule has 0 aliphatic carbocycles. The summed E-state index contributed by atoms with van der Waals surface area (Å²) in [6, 6.07) is 15.2. The summed E-state index contributed by atoms with van der Waals surface area (Å²) in [6.07, 6.45) is 0. The lowest BCUT2D eigenvalue weighted by Crippen LogP contribution is -2.19. The van der Waals surface area contributed by atoms with Crippen molar-refractivity contribution < 1.29 is 9.47 Å². The van der Waals surface area contributed by atoms with E-state index in [-0.39, 0.29) is 5.41 Å². The molecule has 3 rings (SSSR count). The zero-order valence-corrected chi connectivity index (χ0v) is 16.8. The Labute approximate surface area is 165 Å². The van der Waals surface area contributed by atoms with Crippen LogP contribution >= 0.6 is 0 Å². The fourth-order valence-corrected chi connectivity index (χ4v) is 2.43. The van der Waals surface area contributed by atoms with Gasteiger partial charge >= 0.3 is 0 Å². The summed E-state index contributed by atoms with van der Waals surface area (Å²) in [6.45, 7) is 6.20. The summed E-state index contributed by atoms with van der Waals surface area (Å²) in [7, 11) is 3.28. The van der Waals surface area contributed by atoms with Gasteiger partial charge in [0.1, 0.15) is 17.3 Å². The van der Waals surface area contributed by atoms with Gasteiger partial charge in [0.25, 0.3) is 0 Å². The first kappa shape index (κ1) is 19.4. The largest absolute Gasteiger partial charge is 0.497 e. The van der Waals surface area contributed by atoms with Crippen LogP contribution in [-0.4, -0.2) is 29.2 Å². The van der Waals surface area contributed by atoms with Crippen molar-refractivity contribution in [1.29, 1.82) is 0 Å². The Morgan fingerprint density at radius 3 is 1.36 bits per heavy atom. The Morgan fingerprint density at radius 1 is 0.643 bits per heavy atom. The van der Waals surface area contributed by atoms with Crippen LogP contribution in [0.25, 0.3) is 0 Å². The SMILES string of the molecule is COc1ccc(Nc2nc(Nc3ccc(OC)cc3)nc(C(C)(C)C)n2)cc1. The van der Waals surface area contributed by atoms with Gasteiger partial charge in [0.05, 0.1) is 14.2 Å². The average Bonchev–Trinajstić information content (AvgIpc) is 2.68. The number of hydrogen-bond donors (Lipinski definition) is 2. The van der Waals surface area contributed by atoms with E-state index in [1.165, 1.54) is 0 Å². The molecule has 0 aliphatic heterocycles. The van der Waals surface area contributed by atoms with Gasteiger partial charge in [-0.1, -0.05) is 20.8 Å². The average molecular weight is 379 g/mol. The van der Waals surface area contributed by atoms with Crippen LogP contribution in [0, 0.1) is 0 Å². The number of nitrogens with zero attached hydrogens (tertiary/aromatic N) is 3. The predicted octanol–water partition coefficient (Wildman–Crippen LogP) is 4.67. The van der Waals surface area contributed by atoms with E-state index < -0.39 is 0 Å². The monoisotopic (exact) mass is 379 g/mol. The van der Waals surface area contributed by atoms with Crippen molar-refractivity contribution in [2.24, 2.45) is 0 Å². The summed E-state index contributed by atoms with van der Waals surface area (Å²) in [5.41, 5.74) is 1.50. The van der Waals surface area contributed by atoms with Gasteiger partial charge in [-0.2, -0.15) is 15.0 Å². The summed E-state index contributed by atoms with van der Waals surface area (Å²) in [4.78, 5) is 13.7. The fourth-order valence-electron chi connectivity index (χ4n) is 2.43. The lowest BCUT2D eigenvalue weighted by Gasteiger charge is -2.18. The predicted molar refractivity (Wildman–Crippen MR) is 111 cm³/mol. The number of aromatic nitrogens is 3. The Hall–Kier alpha value is -3.35. The first-order valence-corrected chi connectivity index (χ1v) is 8.96. The molecule has 3 aromatic rings. The molecule has 1 aromatic heterocycles. The van der Waals surface area contributed by atoms with E-state index in [9.17, 15) is 0 Å². The van der Waals surface area contributed by atoms with Gasteiger partial charge in [-0.3, -0.25) is 0 Å². The molecule has 146 valence electrons. The second kappa shape index (κ2) is 8.12. The molecule has 7 heteroatoms. The number of nitrogens with one attached hydrogen (secondary N) is 2. The Kier molecular flexibility index (Phi) is 5.63. The molecule has 2 aromatic carbocycles. The van der Waals surface area contributed by atoms with Crippen LogP contribution in [0.2, 0.25) is 0 Å². The maximum atomic E-state index is 5.20. The van der Waals surface area contributed by atoms with Crippen LogP contribution in [0.3, 0.4) is 0 Å². The van der Waals surface area contributed by atoms with Gasteiger partial charge in [0, 0.05) is 16.8 Å². The summed E-state index contributed by atoms with van der Waals surface area (Å²) in [5.74, 6) is 3.22. The van der Waals surface area contributed by atoms with Crippen molar-refractivity contribution >= 4 is 23.3 Å². The number of rotatable bonds is 6. The minimum absolute atomic E-state index is 0.227. The van der Waals surface area contributed by atoms with Gasteiger partial charge in [0.15, 0.2) is 0 Å². The van der Waals surface area contributed by atoms with E-state index in [4.69, 9.17) is 9.47 Å². The standard InChI is InChI=1S/C21H25N5O2/c1-21(2,3)18-24-19(22-14-6-10-16(27-4)11-7-14)26-20(25-18)23-15-8-12-17(28-5)13-9-15/h6-13H,1-5H3,(H2,22,23,24,25,26). The highest BCUT2D eigenvalue weighted by Crippen LogP contribution is 2.25. The van der Waals surface area contributed by atoms with E-state index in [1.807, 2.05) is 48.5 Å². The third-order valence-corrected chi connectivity index (χ3v) is 4.00. The van der Waals surface area contributed by atoms with Crippen molar-refractivity contribution in [3.63, 3.8) is 0 Å². The Balaban J connectivity index is 1.89. The molecule has 0 atom stereocenters. The van der Waals surface area contributed by atoms with Crippen molar-refractivity contribution in [1.82, 2.24) is 15.0 Å². The minimum Gasteiger partial charge on any atom is -0.497 e. The lowest BCUT2D eigenvalue weighted by atomic mass is 9.96. The number of methoxy groups -OCH3 is 2. The van der Waals surface area contributed by atoms with Crippen molar-refractivity contribution in [2.45, 2.75) is 26.2 Å². The van der Waals surface area contributed by atoms with Gasteiger partial charge in [-0.15, -0.1) is 0 Å². The van der Waals surface area contributed by atoms with Crippen LogP contribution in [0.4, 0.5) is 23.3 Å². The maximum absolute atomic E-state index is 5.20. The normalized spacial score (nSPS) is 11.0. The van der Waals surface area contributed by atoms with Crippen LogP contribution in [-0.2, 0) is 5.41 Å². The molecule has 0 unspecified atom stereocenters. The van der Waals surface area contributed by atoms with Gasteiger partial charge in [-0.05, 0) is 48.5 Å². The van der Waals surface area contributed by atoms with Crippen molar-refractivity contribution in [2.75, 3.05) is 24.9 Å². The molecule has 0 amide bonds. The molecule has 0 radical (unpaired) electrons. The molecular weight excluding hydrogens is 354 g/mol. The minimum atomic E-state index is -0.227. The van der Waals surface area contributed by atoms with Gasteiger partial charge < -0.3 is 20.1 Å². The van der Waals surface area contributed by atoms with Crippen LogP contribution in [0.15, 0.2) is 48.5 Å². The highest BCUT2D eigenvalue weighted by Gasteiger charge is 2.20. The topological polar surface area (TPSA) is 81.2 Å².